The number of hydrogen-bond acceptors (Lipinski definition) is 9. The van der Waals surface area contributed by atoms with Crippen LogP contribution in [-0.4, -0.2) is 39.3 Å². The lowest BCUT2D eigenvalue weighted by atomic mass is 10.2. The van der Waals surface area contributed by atoms with E-state index in [0.29, 0.717) is 5.56 Å². The van der Waals surface area contributed by atoms with Crippen LogP contribution in [0, 0.1) is 0 Å². The quantitative estimate of drug-likeness (QED) is 0.615. The van der Waals surface area contributed by atoms with Gasteiger partial charge in [0.2, 0.25) is 5.82 Å². The van der Waals surface area contributed by atoms with Crippen LogP contribution in [0.15, 0.2) is 41.2 Å². The molecule has 1 N–H and O–H groups in total. The summed E-state index contributed by atoms with van der Waals surface area (Å²) in [5.74, 6) is -2.43. The number of alkyl halides is 3. The summed E-state index contributed by atoms with van der Waals surface area (Å²) in [6.07, 6.45) is -3.02. The molecule has 156 valence electrons. The van der Waals surface area contributed by atoms with Crippen molar-refractivity contribution in [3.8, 4) is 11.5 Å². The lowest BCUT2D eigenvalue weighted by molar-refractivity contribution is -0.159. The molecule has 0 aliphatic carbocycles. The van der Waals surface area contributed by atoms with Crippen LogP contribution in [0.25, 0.3) is 11.5 Å². The molecule has 0 aliphatic rings. The Morgan fingerprint density at radius 3 is 2.50 bits per heavy atom. The van der Waals surface area contributed by atoms with E-state index >= 15 is 0 Å². The summed E-state index contributed by atoms with van der Waals surface area (Å²) in [5, 5.41) is 5.61. The van der Waals surface area contributed by atoms with Crippen molar-refractivity contribution in [2.24, 2.45) is 0 Å². The van der Waals surface area contributed by atoms with E-state index in [9.17, 15) is 22.8 Å². The van der Waals surface area contributed by atoms with Crippen LogP contribution in [0.1, 0.15) is 21.9 Å². The van der Waals surface area contributed by atoms with E-state index in [4.69, 9.17) is 4.74 Å². The second kappa shape index (κ2) is 8.55. The second-order valence-electron chi connectivity index (χ2n) is 5.60. The molecule has 3 heterocycles. The van der Waals surface area contributed by atoms with E-state index in [1.807, 2.05) is 0 Å². The van der Waals surface area contributed by atoms with Crippen molar-refractivity contribution in [1.82, 2.24) is 20.1 Å². The first-order chi connectivity index (χ1) is 14.3. The molecule has 0 aliphatic heterocycles. The SMILES string of the molecule is COC(=O)c1ccc(COC(=O)Nc2ccc(-c3noc(C(F)(F)F)n3)nc2)cn1. The number of hydrogen-bond donors (Lipinski definition) is 1. The second-order valence-corrected chi connectivity index (χ2v) is 5.60. The molecule has 3 aromatic heterocycles. The maximum absolute atomic E-state index is 12.5. The highest BCUT2D eigenvalue weighted by molar-refractivity contribution is 5.87. The molecule has 1 amide bonds. The molecule has 0 saturated carbocycles. The largest absolute Gasteiger partial charge is 0.471 e. The van der Waals surface area contributed by atoms with Crippen LogP contribution < -0.4 is 5.32 Å². The molecule has 0 aromatic carbocycles. The number of pyridine rings is 2. The predicted molar refractivity (Wildman–Crippen MR) is 91.9 cm³/mol. The Hall–Kier alpha value is -4.03. The Morgan fingerprint density at radius 1 is 1.13 bits per heavy atom. The highest BCUT2D eigenvalue weighted by Gasteiger charge is 2.38. The topological polar surface area (TPSA) is 129 Å². The Kier molecular flexibility index (Phi) is 5.90. The summed E-state index contributed by atoms with van der Waals surface area (Å²) in [7, 11) is 1.23. The Morgan fingerprint density at radius 2 is 1.93 bits per heavy atom. The Bertz CT molecular complexity index is 1040. The van der Waals surface area contributed by atoms with Gasteiger partial charge in [0.1, 0.15) is 18.0 Å². The van der Waals surface area contributed by atoms with E-state index in [2.05, 4.69) is 34.7 Å². The number of nitrogens with zero attached hydrogens (tertiary/aromatic N) is 4. The first-order valence-corrected chi connectivity index (χ1v) is 8.10. The molecular formula is C17H12F3N5O5. The van der Waals surface area contributed by atoms with Gasteiger partial charge in [-0.05, 0) is 18.2 Å². The number of esters is 1. The summed E-state index contributed by atoms with van der Waals surface area (Å²) in [4.78, 5) is 34.1. The number of nitrogens with one attached hydrogen (secondary N) is 1. The molecular weight excluding hydrogens is 411 g/mol. The monoisotopic (exact) mass is 423 g/mol. The number of carbonyl (C=O) groups excluding carboxylic acids is 2. The third kappa shape index (κ3) is 5.06. The lowest BCUT2D eigenvalue weighted by Crippen LogP contribution is -2.14. The number of rotatable bonds is 5. The highest BCUT2D eigenvalue weighted by Crippen LogP contribution is 2.29. The zero-order valence-corrected chi connectivity index (χ0v) is 15.1. The van der Waals surface area contributed by atoms with E-state index in [1.54, 1.807) is 6.07 Å². The number of amides is 1. The van der Waals surface area contributed by atoms with E-state index in [1.165, 1.54) is 37.7 Å². The van der Waals surface area contributed by atoms with Crippen LogP contribution in [-0.2, 0) is 22.3 Å². The van der Waals surface area contributed by atoms with Crippen molar-refractivity contribution < 1.29 is 36.8 Å². The molecule has 3 aromatic rings. The number of carbonyl (C=O) groups is 2. The molecule has 0 bridgehead atoms. The van der Waals surface area contributed by atoms with Crippen molar-refractivity contribution in [3.63, 3.8) is 0 Å². The summed E-state index contributed by atoms with van der Waals surface area (Å²) in [6.45, 7) is -0.116. The Labute approximate surface area is 166 Å². The third-order valence-corrected chi connectivity index (χ3v) is 3.50. The Balaban J connectivity index is 1.54. The van der Waals surface area contributed by atoms with Crippen LogP contribution in [0.3, 0.4) is 0 Å². The van der Waals surface area contributed by atoms with E-state index < -0.39 is 24.1 Å². The van der Waals surface area contributed by atoms with Crippen molar-refractivity contribution in [2.75, 3.05) is 12.4 Å². The van der Waals surface area contributed by atoms with Crippen LogP contribution in [0.2, 0.25) is 0 Å². The van der Waals surface area contributed by atoms with Gasteiger partial charge < -0.3 is 14.0 Å². The summed E-state index contributed by atoms with van der Waals surface area (Å²) >= 11 is 0. The predicted octanol–water partition coefficient (Wildman–Crippen LogP) is 3.08. The summed E-state index contributed by atoms with van der Waals surface area (Å²) in [6, 6.07) is 5.65. The van der Waals surface area contributed by atoms with Gasteiger partial charge in [0.15, 0.2) is 0 Å². The molecule has 0 unspecified atom stereocenters. The van der Waals surface area contributed by atoms with Gasteiger partial charge in [0, 0.05) is 11.8 Å². The fourth-order valence-corrected chi connectivity index (χ4v) is 2.08. The van der Waals surface area contributed by atoms with Crippen molar-refractivity contribution in [3.05, 3.63) is 53.8 Å². The fraction of sp³-hybridized carbons (Fsp3) is 0.176. The molecule has 10 nitrogen and oxygen atoms in total. The normalized spacial score (nSPS) is 11.1. The summed E-state index contributed by atoms with van der Waals surface area (Å²) < 4.78 is 51.1. The number of methoxy groups -OCH3 is 1. The van der Waals surface area contributed by atoms with E-state index in [0.717, 1.165) is 0 Å². The third-order valence-electron chi connectivity index (χ3n) is 3.50. The smallest absolute Gasteiger partial charge is 0.464 e. The van der Waals surface area contributed by atoms with Gasteiger partial charge in [-0.2, -0.15) is 18.2 Å². The molecule has 0 atom stereocenters. The number of halogens is 3. The van der Waals surface area contributed by atoms with Gasteiger partial charge in [0.25, 0.3) is 0 Å². The van der Waals surface area contributed by atoms with Gasteiger partial charge in [0.05, 0.1) is 19.0 Å². The maximum atomic E-state index is 12.5. The maximum Gasteiger partial charge on any atom is 0.471 e. The first kappa shape index (κ1) is 20.7. The lowest BCUT2D eigenvalue weighted by Gasteiger charge is -2.07. The zero-order chi connectivity index (χ0) is 21.7. The standard InChI is InChI=1S/C17H12F3N5O5/c1-28-14(26)12-4-2-9(6-21-12)8-29-16(27)23-10-3-5-11(22-7-10)13-24-15(30-25-13)17(18,19)20/h2-7H,8H2,1H3,(H,23,27). The molecule has 0 saturated heterocycles. The molecule has 13 heteroatoms. The minimum Gasteiger partial charge on any atom is -0.464 e. The fourth-order valence-electron chi connectivity index (χ4n) is 2.08. The van der Waals surface area contributed by atoms with Crippen LogP contribution >= 0.6 is 0 Å². The van der Waals surface area contributed by atoms with Crippen molar-refractivity contribution in [2.45, 2.75) is 12.8 Å². The zero-order valence-electron chi connectivity index (χ0n) is 15.1. The van der Waals surface area contributed by atoms with E-state index in [-0.39, 0.29) is 29.5 Å². The van der Waals surface area contributed by atoms with Gasteiger partial charge in [-0.3, -0.25) is 10.3 Å². The first-order valence-electron chi connectivity index (χ1n) is 8.10. The molecule has 0 radical (unpaired) electrons. The number of aromatic nitrogens is 4. The number of anilines is 1. The van der Waals surface area contributed by atoms with Crippen molar-refractivity contribution >= 4 is 17.7 Å². The molecule has 3 rings (SSSR count). The highest BCUT2D eigenvalue weighted by atomic mass is 19.4. The average Bonchev–Trinajstić information content (AvgIpc) is 3.23. The minimum atomic E-state index is -4.76. The van der Waals surface area contributed by atoms with Gasteiger partial charge >= 0.3 is 24.1 Å². The average molecular weight is 423 g/mol. The van der Waals surface area contributed by atoms with Gasteiger partial charge in [-0.15, -0.1) is 0 Å². The van der Waals surface area contributed by atoms with Gasteiger partial charge in [-0.1, -0.05) is 11.2 Å². The minimum absolute atomic E-state index is 0.0185. The number of ether oxygens (including phenoxy) is 2. The van der Waals surface area contributed by atoms with Crippen LogP contribution in [0.5, 0.6) is 0 Å². The molecule has 30 heavy (non-hydrogen) atoms. The van der Waals surface area contributed by atoms with Gasteiger partial charge in [-0.25, -0.2) is 14.6 Å². The molecule has 0 spiro atoms. The summed E-state index contributed by atoms with van der Waals surface area (Å²) in [5.41, 5.74) is 0.886. The van der Waals surface area contributed by atoms with Crippen LogP contribution in [0.4, 0.5) is 23.7 Å². The van der Waals surface area contributed by atoms with Crippen molar-refractivity contribution in [1.29, 1.82) is 0 Å². The molecule has 0 fully saturated rings.